The van der Waals surface area contributed by atoms with Gasteiger partial charge in [0.15, 0.2) is 0 Å². The van der Waals surface area contributed by atoms with Crippen molar-refractivity contribution in [3.8, 4) is 11.5 Å². The van der Waals surface area contributed by atoms with Crippen LogP contribution < -0.4 is 9.47 Å². The quantitative estimate of drug-likeness (QED) is 0.857. The van der Waals surface area contributed by atoms with Gasteiger partial charge >= 0.3 is 5.97 Å². The van der Waals surface area contributed by atoms with E-state index in [1.807, 2.05) is 30.3 Å². The average Bonchev–Trinajstić information content (AvgIpc) is 2.43. The molecule has 0 saturated carbocycles. The fourth-order valence-corrected chi connectivity index (χ4v) is 1.93. The number of carboxylic acid groups (broad SMARTS) is 1. The van der Waals surface area contributed by atoms with Crippen LogP contribution >= 0.6 is 0 Å². The summed E-state index contributed by atoms with van der Waals surface area (Å²) in [5, 5.41) is 10.6. The van der Waals surface area contributed by atoms with E-state index in [0.717, 1.165) is 22.4 Å². The number of carboxylic acids is 1. The number of carbonyl (C=O) groups is 1. The highest BCUT2D eigenvalue weighted by atomic mass is 16.5. The van der Waals surface area contributed by atoms with Gasteiger partial charge in [-0.2, -0.15) is 0 Å². The minimum absolute atomic E-state index is 0.623. The predicted molar refractivity (Wildman–Crippen MR) is 73.7 cm³/mol. The highest BCUT2D eigenvalue weighted by Crippen LogP contribution is 2.31. The number of hydrogen-bond donors (Lipinski definition) is 1. The van der Waals surface area contributed by atoms with Gasteiger partial charge in [0.1, 0.15) is 11.5 Å². The lowest BCUT2D eigenvalue weighted by molar-refractivity contribution is -0.131. The van der Waals surface area contributed by atoms with Crippen molar-refractivity contribution in [2.24, 2.45) is 0 Å². The fourth-order valence-electron chi connectivity index (χ4n) is 1.93. The first kappa shape index (κ1) is 13.0. The molecule has 4 heteroatoms. The van der Waals surface area contributed by atoms with E-state index in [2.05, 4.69) is 0 Å². The van der Waals surface area contributed by atoms with Gasteiger partial charge in [-0.25, -0.2) is 4.79 Å². The first-order chi connectivity index (χ1) is 9.15. The molecule has 0 heterocycles. The van der Waals surface area contributed by atoms with Gasteiger partial charge in [-0.1, -0.05) is 12.1 Å². The number of benzene rings is 2. The number of fused-ring (bicyclic) bond motifs is 1. The summed E-state index contributed by atoms with van der Waals surface area (Å²) in [6.45, 7) is 0. The Morgan fingerprint density at radius 1 is 1.16 bits per heavy atom. The molecule has 98 valence electrons. The van der Waals surface area contributed by atoms with Gasteiger partial charge < -0.3 is 14.6 Å². The monoisotopic (exact) mass is 258 g/mol. The molecule has 0 aromatic heterocycles. The third-order valence-electron chi connectivity index (χ3n) is 2.84. The first-order valence-corrected chi connectivity index (χ1v) is 5.71. The van der Waals surface area contributed by atoms with Crippen LogP contribution in [0.25, 0.3) is 16.8 Å². The number of methoxy groups -OCH3 is 2. The third-order valence-corrected chi connectivity index (χ3v) is 2.84. The lowest BCUT2D eigenvalue weighted by Gasteiger charge is -2.10. The summed E-state index contributed by atoms with van der Waals surface area (Å²) in [5.41, 5.74) is 0.723. The highest BCUT2D eigenvalue weighted by Gasteiger charge is 2.07. The van der Waals surface area contributed by atoms with Gasteiger partial charge in [0.2, 0.25) is 0 Å². The maximum atomic E-state index is 10.7. The van der Waals surface area contributed by atoms with E-state index in [4.69, 9.17) is 14.6 Å². The molecule has 0 aliphatic rings. The molecule has 0 aliphatic heterocycles. The zero-order valence-corrected chi connectivity index (χ0v) is 10.7. The molecule has 2 aromatic carbocycles. The van der Waals surface area contributed by atoms with Crippen molar-refractivity contribution in [3.05, 3.63) is 42.0 Å². The molecular weight excluding hydrogens is 244 g/mol. The van der Waals surface area contributed by atoms with Crippen molar-refractivity contribution < 1.29 is 19.4 Å². The predicted octanol–water partition coefficient (Wildman–Crippen LogP) is 2.95. The van der Waals surface area contributed by atoms with Crippen LogP contribution in [0.1, 0.15) is 5.56 Å². The zero-order chi connectivity index (χ0) is 13.8. The van der Waals surface area contributed by atoms with Gasteiger partial charge in [-0.3, -0.25) is 0 Å². The summed E-state index contributed by atoms with van der Waals surface area (Å²) in [5.74, 6) is 0.339. The lowest BCUT2D eigenvalue weighted by atomic mass is 10.0. The van der Waals surface area contributed by atoms with E-state index in [1.165, 1.54) is 6.08 Å². The number of ether oxygens (including phenoxy) is 2. The van der Waals surface area contributed by atoms with E-state index in [0.29, 0.717) is 11.5 Å². The maximum absolute atomic E-state index is 10.7. The van der Waals surface area contributed by atoms with Crippen molar-refractivity contribution >= 4 is 22.8 Å². The van der Waals surface area contributed by atoms with Crippen molar-refractivity contribution in [2.75, 3.05) is 14.2 Å². The van der Waals surface area contributed by atoms with Crippen LogP contribution in [0.5, 0.6) is 11.5 Å². The second-order valence-electron chi connectivity index (χ2n) is 3.94. The second-order valence-corrected chi connectivity index (χ2v) is 3.94. The molecule has 0 atom stereocenters. The molecule has 0 amide bonds. The molecule has 0 radical (unpaired) electrons. The van der Waals surface area contributed by atoms with Crippen LogP contribution in [0.15, 0.2) is 36.4 Å². The molecule has 1 N–H and O–H groups in total. The Kier molecular flexibility index (Phi) is 3.71. The van der Waals surface area contributed by atoms with Gasteiger partial charge in [0.25, 0.3) is 0 Å². The molecule has 0 bridgehead atoms. The van der Waals surface area contributed by atoms with Gasteiger partial charge in [0, 0.05) is 11.6 Å². The normalized spacial score (nSPS) is 10.8. The molecule has 4 nitrogen and oxygen atoms in total. The Morgan fingerprint density at radius 2 is 1.89 bits per heavy atom. The average molecular weight is 258 g/mol. The largest absolute Gasteiger partial charge is 0.497 e. The van der Waals surface area contributed by atoms with Crippen molar-refractivity contribution in [1.29, 1.82) is 0 Å². The molecule has 0 fully saturated rings. The Hall–Kier alpha value is -2.49. The molecule has 2 rings (SSSR count). The van der Waals surface area contributed by atoms with Crippen LogP contribution in [0, 0.1) is 0 Å². The molecular formula is C15H14O4. The Morgan fingerprint density at radius 3 is 2.53 bits per heavy atom. The van der Waals surface area contributed by atoms with Gasteiger partial charge in [-0.05, 0) is 35.0 Å². The number of hydrogen-bond acceptors (Lipinski definition) is 3. The highest BCUT2D eigenvalue weighted by molar-refractivity contribution is 5.97. The molecule has 0 saturated heterocycles. The third kappa shape index (κ3) is 2.68. The van der Waals surface area contributed by atoms with Crippen LogP contribution in [0.3, 0.4) is 0 Å². The van der Waals surface area contributed by atoms with Crippen LogP contribution in [-0.4, -0.2) is 25.3 Å². The van der Waals surface area contributed by atoms with E-state index >= 15 is 0 Å². The number of aliphatic carboxylic acids is 1. The second kappa shape index (κ2) is 5.44. The molecule has 0 unspecified atom stereocenters. The van der Waals surface area contributed by atoms with Gasteiger partial charge in [0.05, 0.1) is 14.2 Å². The van der Waals surface area contributed by atoms with Crippen LogP contribution in [-0.2, 0) is 4.79 Å². The Bertz CT molecular complexity index is 639. The van der Waals surface area contributed by atoms with Gasteiger partial charge in [-0.15, -0.1) is 0 Å². The van der Waals surface area contributed by atoms with Crippen LogP contribution in [0.2, 0.25) is 0 Å². The van der Waals surface area contributed by atoms with Crippen LogP contribution in [0.4, 0.5) is 0 Å². The smallest absolute Gasteiger partial charge is 0.328 e. The summed E-state index contributed by atoms with van der Waals surface area (Å²) in [7, 11) is 3.15. The summed E-state index contributed by atoms with van der Waals surface area (Å²) >= 11 is 0. The Balaban J connectivity index is 2.69. The van der Waals surface area contributed by atoms with Crippen molar-refractivity contribution in [3.63, 3.8) is 0 Å². The summed E-state index contributed by atoms with van der Waals surface area (Å²) in [6, 6.07) is 9.38. The maximum Gasteiger partial charge on any atom is 0.328 e. The van der Waals surface area contributed by atoms with E-state index in [9.17, 15) is 4.79 Å². The summed E-state index contributed by atoms with van der Waals surface area (Å²) in [4.78, 5) is 10.7. The summed E-state index contributed by atoms with van der Waals surface area (Å²) in [6.07, 6.45) is 2.62. The van der Waals surface area contributed by atoms with E-state index in [1.54, 1.807) is 14.2 Å². The standard InChI is InChI=1S/C15H14O4/c1-18-11-5-3-10-4-7-14(19-2)12(13(10)9-11)6-8-15(16)17/h3-9H,1-2H3,(H,16,17)/b8-6+. The van der Waals surface area contributed by atoms with Crippen molar-refractivity contribution in [1.82, 2.24) is 0 Å². The minimum Gasteiger partial charge on any atom is -0.497 e. The first-order valence-electron chi connectivity index (χ1n) is 5.71. The lowest BCUT2D eigenvalue weighted by Crippen LogP contribution is -1.91. The molecule has 19 heavy (non-hydrogen) atoms. The SMILES string of the molecule is COc1ccc2ccc(OC)c(/C=C/C(=O)O)c2c1. The Labute approximate surface area is 110 Å². The fraction of sp³-hybridized carbons (Fsp3) is 0.133. The minimum atomic E-state index is -0.998. The molecule has 2 aromatic rings. The topological polar surface area (TPSA) is 55.8 Å². The van der Waals surface area contributed by atoms with Crippen molar-refractivity contribution in [2.45, 2.75) is 0 Å². The number of rotatable bonds is 4. The van der Waals surface area contributed by atoms with E-state index in [-0.39, 0.29) is 0 Å². The molecule has 0 spiro atoms. The summed E-state index contributed by atoms with van der Waals surface area (Å²) < 4.78 is 10.5. The van der Waals surface area contributed by atoms with E-state index < -0.39 is 5.97 Å². The molecule has 0 aliphatic carbocycles. The zero-order valence-electron chi connectivity index (χ0n) is 10.7.